The zero-order chi connectivity index (χ0) is 14.7. The number of rotatable bonds is 4. The van der Waals surface area contributed by atoms with Crippen molar-refractivity contribution >= 4 is 15.9 Å². The zero-order valence-electron chi connectivity index (χ0n) is 12.2. The molecule has 1 atom stereocenters. The van der Waals surface area contributed by atoms with Crippen LogP contribution in [0.25, 0.3) is 0 Å². The third-order valence-electron chi connectivity index (χ3n) is 3.94. The molecule has 0 spiro atoms. The Bertz CT molecular complexity index is 611. The van der Waals surface area contributed by atoms with E-state index in [1.807, 2.05) is 17.9 Å². The Labute approximate surface area is 133 Å². The largest absolute Gasteiger partial charge is 0.493 e. The summed E-state index contributed by atoms with van der Waals surface area (Å²) in [5.41, 5.74) is 2.52. The van der Waals surface area contributed by atoms with Crippen LogP contribution in [0.3, 0.4) is 0 Å². The molecule has 2 aromatic rings. The molecule has 112 valence electrons. The minimum absolute atomic E-state index is 0.365. The smallest absolute Gasteiger partial charge is 0.125 e. The van der Waals surface area contributed by atoms with E-state index in [0.29, 0.717) is 6.04 Å². The summed E-state index contributed by atoms with van der Waals surface area (Å²) in [4.78, 5) is 0. The molecule has 1 aromatic carbocycles. The van der Waals surface area contributed by atoms with Crippen molar-refractivity contribution in [2.75, 3.05) is 13.2 Å². The number of benzene rings is 1. The predicted octanol–water partition coefficient (Wildman–Crippen LogP) is 3.23. The summed E-state index contributed by atoms with van der Waals surface area (Å²) >= 11 is 3.51. The van der Waals surface area contributed by atoms with E-state index >= 15 is 0 Å². The Morgan fingerprint density at radius 3 is 3.14 bits per heavy atom. The standard InChI is InChI=1S/C16H20BrN3O/c1-20-13(7-9-19-20)6-8-18-15-3-2-10-21-16-11-12(17)4-5-14(15)16/h4-5,7,9,11,15,18H,2-3,6,8,10H2,1H3. The summed E-state index contributed by atoms with van der Waals surface area (Å²) in [5, 5.41) is 7.87. The Kier molecular flexibility index (Phi) is 4.60. The van der Waals surface area contributed by atoms with Crippen LogP contribution in [0, 0.1) is 0 Å². The van der Waals surface area contributed by atoms with Gasteiger partial charge < -0.3 is 10.1 Å². The summed E-state index contributed by atoms with van der Waals surface area (Å²) in [6.07, 6.45) is 5.02. The van der Waals surface area contributed by atoms with Gasteiger partial charge in [-0.1, -0.05) is 22.0 Å². The van der Waals surface area contributed by atoms with Crippen LogP contribution in [0.1, 0.15) is 30.1 Å². The maximum Gasteiger partial charge on any atom is 0.125 e. The van der Waals surface area contributed by atoms with Gasteiger partial charge in [-0.3, -0.25) is 4.68 Å². The quantitative estimate of drug-likeness (QED) is 0.920. The van der Waals surface area contributed by atoms with Crippen molar-refractivity contribution in [2.45, 2.75) is 25.3 Å². The average Bonchev–Trinajstić information content (AvgIpc) is 2.77. The monoisotopic (exact) mass is 349 g/mol. The average molecular weight is 350 g/mol. The third-order valence-corrected chi connectivity index (χ3v) is 4.43. The van der Waals surface area contributed by atoms with E-state index in [0.717, 1.165) is 42.6 Å². The van der Waals surface area contributed by atoms with E-state index < -0.39 is 0 Å². The first-order valence-electron chi connectivity index (χ1n) is 7.36. The van der Waals surface area contributed by atoms with E-state index in [2.05, 4.69) is 50.6 Å². The fourth-order valence-electron chi connectivity index (χ4n) is 2.78. The van der Waals surface area contributed by atoms with Crippen molar-refractivity contribution in [1.29, 1.82) is 0 Å². The van der Waals surface area contributed by atoms with Gasteiger partial charge >= 0.3 is 0 Å². The van der Waals surface area contributed by atoms with Crippen LogP contribution in [-0.2, 0) is 13.5 Å². The Morgan fingerprint density at radius 2 is 2.33 bits per heavy atom. The summed E-state index contributed by atoms with van der Waals surface area (Å²) in [7, 11) is 1.99. The second-order valence-electron chi connectivity index (χ2n) is 5.38. The number of aromatic nitrogens is 2. The van der Waals surface area contributed by atoms with Gasteiger partial charge in [0.05, 0.1) is 6.61 Å². The van der Waals surface area contributed by atoms with Crippen LogP contribution in [-0.4, -0.2) is 22.9 Å². The predicted molar refractivity (Wildman–Crippen MR) is 86.5 cm³/mol. The maximum atomic E-state index is 5.85. The number of halogens is 1. The van der Waals surface area contributed by atoms with Gasteiger partial charge in [-0.2, -0.15) is 5.10 Å². The molecule has 1 unspecified atom stereocenters. The van der Waals surface area contributed by atoms with Crippen LogP contribution in [0.2, 0.25) is 0 Å². The first-order valence-corrected chi connectivity index (χ1v) is 8.16. The van der Waals surface area contributed by atoms with Crippen molar-refractivity contribution in [3.05, 3.63) is 46.2 Å². The highest BCUT2D eigenvalue weighted by molar-refractivity contribution is 9.10. The number of nitrogens with one attached hydrogen (secondary N) is 1. The number of hydrogen-bond donors (Lipinski definition) is 1. The lowest BCUT2D eigenvalue weighted by Gasteiger charge is -2.18. The van der Waals surface area contributed by atoms with Gasteiger partial charge in [0, 0.05) is 48.0 Å². The maximum absolute atomic E-state index is 5.85. The zero-order valence-corrected chi connectivity index (χ0v) is 13.8. The second-order valence-corrected chi connectivity index (χ2v) is 6.29. The summed E-state index contributed by atoms with van der Waals surface area (Å²) in [5.74, 6) is 1.000. The summed E-state index contributed by atoms with van der Waals surface area (Å²) in [6.45, 7) is 1.74. The van der Waals surface area contributed by atoms with Crippen LogP contribution in [0.5, 0.6) is 5.75 Å². The molecule has 4 nitrogen and oxygen atoms in total. The number of nitrogens with zero attached hydrogens (tertiary/aromatic N) is 2. The van der Waals surface area contributed by atoms with E-state index in [9.17, 15) is 0 Å². The number of aryl methyl sites for hydroxylation is 1. The van der Waals surface area contributed by atoms with Gasteiger partial charge in [0.2, 0.25) is 0 Å². The fraction of sp³-hybridized carbons (Fsp3) is 0.438. The van der Waals surface area contributed by atoms with Gasteiger partial charge in [-0.05, 0) is 31.0 Å². The van der Waals surface area contributed by atoms with Crippen molar-refractivity contribution < 1.29 is 4.74 Å². The molecule has 21 heavy (non-hydrogen) atoms. The highest BCUT2D eigenvalue weighted by atomic mass is 79.9. The molecule has 1 aliphatic rings. The van der Waals surface area contributed by atoms with Crippen LogP contribution in [0.15, 0.2) is 34.9 Å². The van der Waals surface area contributed by atoms with E-state index in [-0.39, 0.29) is 0 Å². The summed E-state index contributed by atoms with van der Waals surface area (Å²) in [6, 6.07) is 8.75. The molecular weight excluding hydrogens is 330 g/mol. The number of ether oxygens (including phenoxy) is 1. The summed E-state index contributed by atoms with van der Waals surface area (Å²) < 4.78 is 8.85. The lowest BCUT2D eigenvalue weighted by molar-refractivity contribution is 0.315. The minimum Gasteiger partial charge on any atom is -0.493 e. The second kappa shape index (κ2) is 6.62. The molecule has 0 fully saturated rings. The van der Waals surface area contributed by atoms with Crippen LogP contribution in [0.4, 0.5) is 0 Å². The normalized spacial score (nSPS) is 17.9. The van der Waals surface area contributed by atoms with Gasteiger partial charge in [-0.25, -0.2) is 0 Å². The van der Waals surface area contributed by atoms with Gasteiger partial charge in [0.1, 0.15) is 5.75 Å². The SMILES string of the molecule is Cn1nccc1CCNC1CCCOc2cc(Br)ccc21. The minimum atomic E-state index is 0.365. The molecule has 0 radical (unpaired) electrons. The molecule has 0 bridgehead atoms. The molecular formula is C16H20BrN3O. The van der Waals surface area contributed by atoms with Crippen molar-refractivity contribution in [2.24, 2.45) is 7.05 Å². The molecule has 1 aliphatic heterocycles. The van der Waals surface area contributed by atoms with Crippen molar-refractivity contribution in [1.82, 2.24) is 15.1 Å². The van der Waals surface area contributed by atoms with Gasteiger partial charge in [-0.15, -0.1) is 0 Å². The Hall–Kier alpha value is -1.33. The molecule has 1 N–H and O–H groups in total. The molecule has 1 aromatic heterocycles. The van der Waals surface area contributed by atoms with E-state index in [4.69, 9.17) is 4.74 Å². The molecule has 3 rings (SSSR count). The molecule has 0 aliphatic carbocycles. The first-order chi connectivity index (χ1) is 10.2. The highest BCUT2D eigenvalue weighted by Crippen LogP contribution is 2.33. The lowest BCUT2D eigenvalue weighted by Crippen LogP contribution is -2.24. The van der Waals surface area contributed by atoms with Gasteiger partial charge in [0.25, 0.3) is 0 Å². The topological polar surface area (TPSA) is 39.1 Å². The number of fused-ring (bicyclic) bond motifs is 1. The van der Waals surface area contributed by atoms with Crippen molar-refractivity contribution in [3.63, 3.8) is 0 Å². The molecule has 0 amide bonds. The molecule has 2 heterocycles. The van der Waals surface area contributed by atoms with Crippen molar-refractivity contribution in [3.8, 4) is 5.75 Å². The molecule has 0 saturated carbocycles. The molecule has 5 heteroatoms. The molecule has 0 saturated heterocycles. The fourth-order valence-corrected chi connectivity index (χ4v) is 3.12. The van der Waals surface area contributed by atoms with Crippen LogP contribution < -0.4 is 10.1 Å². The van der Waals surface area contributed by atoms with E-state index in [1.165, 1.54) is 11.3 Å². The highest BCUT2D eigenvalue weighted by Gasteiger charge is 2.19. The van der Waals surface area contributed by atoms with Gasteiger partial charge in [0.15, 0.2) is 0 Å². The van der Waals surface area contributed by atoms with Crippen LogP contribution >= 0.6 is 15.9 Å². The first kappa shape index (κ1) is 14.6. The Morgan fingerprint density at radius 1 is 1.43 bits per heavy atom. The number of hydrogen-bond acceptors (Lipinski definition) is 3. The lowest BCUT2D eigenvalue weighted by atomic mass is 10.0. The third kappa shape index (κ3) is 3.47. The Balaban J connectivity index is 1.67. The van der Waals surface area contributed by atoms with E-state index in [1.54, 1.807) is 0 Å².